The minimum atomic E-state index is -5.86. The van der Waals surface area contributed by atoms with E-state index in [9.17, 15) is 36.3 Å². The lowest BCUT2D eigenvalue weighted by molar-refractivity contribution is -0.0500. The summed E-state index contributed by atoms with van der Waals surface area (Å²) in [6.07, 6.45) is 1.60. The highest BCUT2D eigenvalue weighted by Gasteiger charge is 2.48. The largest absolute Gasteiger partial charge is 0.534 e. The van der Waals surface area contributed by atoms with Crippen molar-refractivity contribution in [1.82, 2.24) is 4.57 Å². The van der Waals surface area contributed by atoms with Gasteiger partial charge in [0.1, 0.15) is 11.3 Å². The van der Waals surface area contributed by atoms with Crippen LogP contribution in [0.1, 0.15) is 42.7 Å². The van der Waals surface area contributed by atoms with Gasteiger partial charge in [0.15, 0.2) is 5.43 Å². The summed E-state index contributed by atoms with van der Waals surface area (Å²) in [4.78, 5) is 23.7. The molecule has 30 heavy (non-hydrogen) atoms. The van der Waals surface area contributed by atoms with Gasteiger partial charge in [-0.1, -0.05) is 26.8 Å². The Balaban J connectivity index is 2.21. The molecule has 7 nitrogen and oxygen atoms in total. The van der Waals surface area contributed by atoms with E-state index in [4.69, 9.17) is 0 Å². The van der Waals surface area contributed by atoms with E-state index in [0.29, 0.717) is 17.5 Å². The van der Waals surface area contributed by atoms with Crippen LogP contribution < -0.4 is 9.61 Å². The maximum atomic E-state index is 12.6. The Morgan fingerprint density at radius 1 is 1.20 bits per heavy atom. The van der Waals surface area contributed by atoms with Gasteiger partial charge in [-0.05, 0) is 29.5 Å². The minimum absolute atomic E-state index is 0.260. The van der Waals surface area contributed by atoms with Crippen molar-refractivity contribution < 1.29 is 35.7 Å². The molecule has 0 radical (unpaired) electrons. The molecule has 0 saturated heterocycles. The maximum Gasteiger partial charge on any atom is 0.534 e. The van der Waals surface area contributed by atoms with Crippen LogP contribution in [0.4, 0.5) is 13.2 Å². The van der Waals surface area contributed by atoms with Crippen molar-refractivity contribution in [3.05, 3.63) is 51.8 Å². The second-order valence-corrected chi connectivity index (χ2v) is 9.57. The van der Waals surface area contributed by atoms with Crippen LogP contribution in [0.25, 0.3) is 11.3 Å². The van der Waals surface area contributed by atoms with Gasteiger partial charge in [-0.2, -0.15) is 21.6 Å². The van der Waals surface area contributed by atoms with Crippen LogP contribution in [0.2, 0.25) is 0 Å². The van der Waals surface area contributed by atoms with Crippen molar-refractivity contribution in [2.75, 3.05) is 0 Å². The second-order valence-electron chi connectivity index (χ2n) is 8.04. The predicted molar refractivity (Wildman–Crippen MR) is 101 cm³/mol. The number of aromatic carboxylic acids is 1. The summed E-state index contributed by atoms with van der Waals surface area (Å²) in [6.45, 7) is 5.79. The van der Waals surface area contributed by atoms with Crippen molar-refractivity contribution in [2.45, 2.75) is 38.7 Å². The van der Waals surface area contributed by atoms with Crippen LogP contribution in [-0.4, -0.2) is 29.6 Å². The summed E-state index contributed by atoms with van der Waals surface area (Å²) in [7, 11) is -5.86. The summed E-state index contributed by atoms with van der Waals surface area (Å²) in [6, 6.07) is 4.48. The van der Waals surface area contributed by atoms with Crippen molar-refractivity contribution >= 4 is 16.1 Å². The number of fused-ring (bicyclic) bond motifs is 3. The highest BCUT2D eigenvalue weighted by molar-refractivity contribution is 7.88. The molecule has 0 saturated carbocycles. The van der Waals surface area contributed by atoms with Crippen LogP contribution in [0.3, 0.4) is 0 Å². The second kappa shape index (κ2) is 6.86. The van der Waals surface area contributed by atoms with Crippen LogP contribution in [0.5, 0.6) is 5.75 Å². The lowest BCUT2D eigenvalue weighted by Gasteiger charge is -2.39. The zero-order valence-corrected chi connectivity index (χ0v) is 17.0. The third kappa shape index (κ3) is 3.81. The van der Waals surface area contributed by atoms with E-state index in [1.807, 2.05) is 20.8 Å². The van der Waals surface area contributed by atoms with E-state index in [2.05, 4.69) is 4.18 Å². The van der Waals surface area contributed by atoms with E-state index in [1.165, 1.54) is 12.3 Å². The Labute approximate surface area is 169 Å². The van der Waals surface area contributed by atoms with Crippen molar-refractivity contribution in [3.63, 3.8) is 0 Å². The molecular weight excluding hydrogens is 427 g/mol. The lowest BCUT2D eigenvalue weighted by atomic mass is 9.79. The number of carbonyl (C=O) groups is 1. The molecule has 1 aromatic carbocycles. The van der Waals surface area contributed by atoms with E-state index in [0.717, 1.165) is 18.2 Å². The van der Waals surface area contributed by atoms with Crippen LogP contribution >= 0.6 is 0 Å². The van der Waals surface area contributed by atoms with Crippen molar-refractivity contribution in [3.8, 4) is 17.0 Å². The molecular formula is C19H18F3NO6S. The van der Waals surface area contributed by atoms with Gasteiger partial charge in [-0.3, -0.25) is 4.79 Å². The first-order valence-corrected chi connectivity index (χ1v) is 10.2. The molecule has 0 unspecified atom stereocenters. The molecule has 1 aliphatic heterocycles. The SMILES string of the molecule is CC(C)(C)[C@@H]1Cc2ccc(OS(=O)(=O)C(F)(F)F)cc2-c2cc(=O)c(C(=O)O)cn21. The lowest BCUT2D eigenvalue weighted by Crippen LogP contribution is -2.33. The van der Waals surface area contributed by atoms with E-state index < -0.39 is 38.3 Å². The average molecular weight is 445 g/mol. The quantitative estimate of drug-likeness (QED) is 0.572. The molecule has 1 atom stereocenters. The summed E-state index contributed by atoms with van der Waals surface area (Å²) >= 11 is 0. The monoisotopic (exact) mass is 445 g/mol. The highest BCUT2D eigenvalue weighted by Crippen LogP contribution is 2.43. The van der Waals surface area contributed by atoms with Gasteiger partial charge in [0.25, 0.3) is 0 Å². The molecule has 1 aromatic heterocycles. The average Bonchev–Trinajstić information content (AvgIpc) is 2.58. The molecule has 162 valence electrons. The molecule has 0 spiro atoms. The zero-order valence-electron chi connectivity index (χ0n) is 16.1. The van der Waals surface area contributed by atoms with Crippen LogP contribution in [-0.2, 0) is 16.5 Å². The molecule has 2 aromatic rings. The van der Waals surface area contributed by atoms with E-state index in [-0.39, 0.29) is 17.2 Å². The van der Waals surface area contributed by atoms with Crippen molar-refractivity contribution in [1.29, 1.82) is 0 Å². The van der Waals surface area contributed by atoms with Gasteiger partial charge in [-0.15, -0.1) is 0 Å². The number of hydrogen-bond acceptors (Lipinski definition) is 5. The van der Waals surface area contributed by atoms with Crippen LogP contribution in [0.15, 0.2) is 35.3 Å². The maximum absolute atomic E-state index is 12.6. The van der Waals surface area contributed by atoms with Crippen molar-refractivity contribution in [2.24, 2.45) is 5.41 Å². The summed E-state index contributed by atoms with van der Waals surface area (Å²) in [5.74, 6) is -1.97. The number of alkyl halides is 3. The van der Waals surface area contributed by atoms with Gasteiger partial charge >= 0.3 is 21.6 Å². The molecule has 0 fully saturated rings. The van der Waals surface area contributed by atoms with Gasteiger partial charge in [-0.25, -0.2) is 4.79 Å². The van der Waals surface area contributed by atoms with Crippen LogP contribution in [0, 0.1) is 5.41 Å². The fourth-order valence-electron chi connectivity index (χ4n) is 3.41. The number of halogens is 3. The summed E-state index contributed by atoms with van der Waals surface area (Å²) in [5.41, 5.74) is -5.95. The normalized spacial score (nSPS) is 16.5. The molecule has 11 heteroatoms. The third-order valence-electron chi connectivity index (χ3n) is 4.91. The number of pyridine rings is 1. The molecule has 3 rings (SSSR count). The Morgan fingerprint density at radius 2 is 1.83 bits per heavy atom. The Morgan fingerprint density at radius 3 is 2.37 bits per heavy atom. The zero-order chi connectivity index (χ0) is 22.6. The smallest absolute Gasteiger partial charge is 0.477 e. The van der Waals surface area contributed by atoms with E-state index in [1.54, 1.807) is 4.57 Å². The Kier molecular flexibility index (Phi) is 5.00. The van der Waals surface area contributed by atoms with E-state index >= 15 is 0 Å². The first kappa shape index (κ1) is 21.9. The molecule has 1 aliphatic rings. The first-order valence-electron chi connectivity index (χ1n) is 8.75. The fraction of sp³-hybridized carbons (Fsp3) is 0.368. The minimum Gasteiger partial charge on any atom is -0.477 e. The van der Waals surface area contributed by atoms with Gasteiger partial charge < -0.3 is 13.9 Å². The highest BCUT2D eigenvalue weighted by atomic mass is 32.2. The number of benzene rings is 1. The standard InChI is InChI=1S/C19H18F3NO6S/c1-18(2,3)16-6-10-4-5-11(29-30(27,28)19(20,21)22)7-12(10)14-8-15(24)13(17(25)26)9-23(14)16/h4-5,7-9,16H,6H2,1-3H3,(H,25,26)/t16-/m0/s1. The Bertz CT molecular complexity index is 1190. The molecule has 0 aliphatic carbocycles. The summed E-state index contributed by atoms with van der Waals surface area (Å²) < 4.78 is 66.4. The summed E-state index contributed by atoms with van der Waals surface area (Å²) in [5, 5.41) is 9.29. The molecule has 0 amide bonds. The number of carboxylic acids is 1. The number of carboxylic acid groups (broad SMARTS) is 1. The number of hydrogen-bond donors (Lipinski definition) is 1. The predicted octanol–water partition coefficient (Wildman–Crippen LogP) is 3.59. The van der Waals surface area contributed by atoms with Gasteiger partial charge in [0.05, 0.1) is 5.69 Å². The number of rotatable bonds is 3. The molecule has 1 N–H and O–H groups in total. The third-order valence-corrected chi connectivity index (χ3v) is 5.88. The fourth-order valence-corrected chi connectivity index (χ4v) is 3.86. The molecule has 2 heterocycles. The molecule has 0 bridgehead atoms. The van der Waals surface area contributed by atoms with Gasteiger partial charge in [0, 0.05) is 23.9 Å². The number of nitrogens with zero attached hydrogens (tertiary/aromatic N) is 1. The topological polar surface area (TPSA) is 103 Å². The number of aromatic nitrogens is 1. The first-order chi connectivity index (χ1) is 13.6. The van der Waals surface area contributed by atoms with Gasteiger partial charge in [0.2, 0.25) is 0 Å². The Hall–Kier alpha value is -2.82.